The third kappa shape index (κ3) is 5.94. The highest BCUT2D eigenvalue weighted by molar-refractivity contribution is 5.78. The molecule has 10 atom stereocenters. The van der Waals surface area contributed by atoms with Crippen LogP contribution < -0.4 is 0 Å². The maximum Gasteiger partial charge on any atom is 0.316 e. The number of hydrogen-bond donors (Lipinski definition) is 2. The summed E-state index contributed by atoms with van der Waals surface area (Å²) in [5.74, 6) is -1.70. The van der Waals surface area contributed by atoms with E-state index < -0.39 is 41.6 Å². The molecule has 0 aromatic rings. The minimum absolute atomic E-state index is 0.0538. The summed E-state index contributed by atoms with van der Waals surface area (Å²) in [5, 5.41) is 23.0. The van der Waals surface area contributed by atoms with E-state index >= 15 is 0 Å². The number of aliphatic hydroxyl groups excluding tert-OH is 1. The average Bonchev–Trinajstić information content (AvgIpc) is 3.27. The zero-order valence-corrected chi connectivity index (χ0v) is 25.5. The number of carbonyl (C=O) groups excluding carboxylic acids is 1. The predicted molar refractivity (Wildman–Crippen MR) is 157 cm³/mol. The van der Waals surface area contributed by atoms with Gasteiger partial charge in [-0.25, -0.2) is 0 Å². The number of carbonyl (C=O) groups is 1. The van der Waals surface area contributed by atoms with Gasteiger partial charge in [0.25, 0.3) is 0 Å². The number of hydrogen-bond acceptors (Lipinski definition) is 7. The quantitative estimate of drug-likeness (QED) is 0.320. The maximum absolute atomic E-state index is 14.0. The Labute approximate surface area is 245 Å². The third-order valence-electron chi connectivity index (χ3n) is 9.86. The van der Waals surface area contributed by atoms with Gasteiger partial charge in [-0.15, -0.1) is 0 Å². The Morgan fingerprint density at radius 2 is 1.95 bits per heavy atom. The second-order valence-corrected chi connectivity index (χ2v) is 13.2. The molecule has 5 aliphatic rings. The summed E-state index contributed by atoms with van der Waals surface area (Å²) in [7, 11) is 0. The van der Waals surface area contributed by atoms with E-state index in [-0.39, 0.29) is 24.7 Å². The highest BCUT2D eigenvalue weighted by atomic mass is 16.7. The van der Waals surface area contributed by atoms with Crippen LogP contribution in [0.5, 0.6) is 0 Å². The van der Waals surface area contributed by atoms with Crippen LogP contribution in [0.2, 0.25) is 0 Å². The fourth-order valence-electron chi connectivity index (χ4n) is 7.37. The minimum atomic E-state index is -1.69. The monoisotopic (exact) mass is 568 g/mol. The molecule has 0 amide bonds. The van der Waals surface area contributed by atoms with Crippen molar-refractivity contribution < 1.29 is 34.0 Å². The smallest absolute Gasteiger partial charge is 0.316 e. The molecule has 5 rings (SSSR count). The highest BCUT2D eigenvalue weighted by Gasteiger charge is 2.60. The molecule has 0 aromatic carbocycles. The van der Waals surface area contributed by atoms with Gasteiger partial charge in [-0.05, 0) is 75.5 Å². The molecule has 3 fully saturated rings. The molecule has 4 aliphatic heterocycles. The van der Waals surface area contributed by atoms with E-state index in [1.54, 1.807) is 13.0 Å². The zero-order valence-electron chi connectivity index (χ0n) is 25.5. The van der Waals surface area contributed by atoms with Crippen molar-refractivity contribution in [2.45, 2.75) is 122 Å². The van der Waals surface area contributed by atoms with Gasteiger partial charge in [0.2, 0.25) is 0 Å². The summed E-state index contributed by atoms with van der Waals surface area (Å²) in [6.45, 7) is 12.6. The van der Waals surface area contributed by atoms with Gasteiger partial charge in [0.1, 0.15) is 29.8 Å². The van der Waals surface area contributed by atoms with Crippen molar-refractivity contribution in [3.8, 4) is 0 Å². The molecule has 0 saturated carbocycles. The summed E-state index contributed by atoms with van der Waals surface area (Å²) < 4.78 is 25.7. The topological polar surface area (TPSA) is 94.5 Å². The Hall–Kier alpha value is -2.03. The van der Waals surface area contributed by atoms with Gasteiger partial charge >= 0.3 is 5.97 Å². The average molecular weight is 569 g/mol. The Balaban J connectivity index is 1.51. The van der Waals surface area contributed by atoms with Gasteiger partial charge in [-0.3, -0.25) is 4.79 Å². The van der Waals surface area contributed by atoms with E-state index in [1.807, 2.05) is 19.1 Å². The van der Waals surface area contributed by atoms with E-state index in [2.05, 4.69) is 45.9 Å². The molecule has 3 saturated heterocycles. The van der Waals surface area contributed by atoms with Crippen LogP contribution in [0.1, 0.15) is 80.1 Å². The van der Waals surface area contributed by atoms with Crippen LogP contribution in [0.15, 0.2) is 58.7 Å². The van der Waals surface area contributed by atoms with Crippen LogP contribution in [0.25, 0.3) is 0 Å². The summed E-state index contributed by atoms with van der Waals surface area (Å²) in [4.78, 5) is 14.0. The van der Waals surface area contributed by atoms with Crippen LogP contribution in [-0.2, 0) is 23.7 Å². The van der Waals surface area contributed by atoms with Crippen molar-refractivity contribution in [1.82, 2.24) is 0 Å². The van der Waals surface area contributed by atoms with Crippen molar-refractivity contribution >= 4 is 5.97 Å². The number of fused-ring (bicyclic) bond motifs is 2. The van der Waals surface area contributed by atoms with Gasteiger partial charge in [0.15, 0.2) is 5.79 Å². The Kier molecular flexibility index (Phi) is 8.85. The van der Waals surface area contributed by atoms with Crippen molar-refractivity contribution in [3.63, 3.8) is 0 Å². The summed E-state index contributed by atoms with van der Waals surface area (Å²) in [5.41, 5.74) is 1.93. The lowest BCUT2D eigenvalue weighted by Crippen LogP contribution is -2.58. The molecule has 1 spiro atoms. The minimum Gasteiger partial charge on any atom is -0.462 e. The summed E-state index contributed by atoms with van der Waals surface area (Å²) >= 11 is 0. The van der Waals surface area contributed by atoms with Gasteiger partial charge < -0.3 is 29.2 Å². The SMILES string of the molecule is CC=C(C)[C@H]1O[C@]2(CC[C@@H]1C)C[C@@H]1C[C@@H](CC=C(C)C[C@@H](C)C=CC=C3CO[C@@H]4[C@H](O)C(C)=C[C@@H](C(=O)O1)[C@]34O)O2. The molecule has 7 nitrogen and oxygen atoms in total. The lowest BCUT2D eigenvalue weighted by atomic mass is 9.71. The van der Waals surface area contributed by atoms with Crippen molar-refractivity contribution in [3.05, 3.63) is 58.7 Å². The number of aliphatic hydroxyl groups is 2. The van der Waals surface area contributed by atoms with E-state index in [0.717, 1.165) is 19.3 Å². The van der Waals surface area contributed by atoms with Gasteiger partial charge in [0, 0.05) is 19.3 Å². The summed E-state index contributed by atoms with van der Waals surface area (Å²) in [6.07, 6.45) is 13.6. The molecule has 41 heavy (non-hydrogen) atoms. The molecule has 226 valence electrons. The Morgan fingerprint density at radius 3 is 2.71 bits per heavy atom. The first-order valence-corrected chi connectivity index (χ1v) is 15.4. The third-order valence-corrected chi connectivity index (χ3v) is 9.86. The number of ether oxygens (including phenoxy) is 4. The number of esters is 1. The van der Waals surface area contributed by atoms with E-state index in [0.29, 0.717) is 36.3 Å². The molecule has 7 heteroatoms. The highest BCUT2D eigenvalue weighted by Crippen LogP contribution is 2.47. The molecule has 0 radical (unpaired) electrons. The van der Waals surface area contributed by atoms with Gasteiger partial charge in [-0.2, -0.15) is 0 Å². The van der Waals surface area contributed by atoms with Crippen LogP contribution in [0.4, 0.5) is 0 Å². The Morgan fingerprint density at radius 1 is 1.17 bits per heavy atom. The van der Waals surface area contributed by atoms with Crippen LogP contribution in [0, 0.1) is 17.8 Å². The lowest BCUT2D eigenvalue weighted by molar-refractivity contribution is -0.329. The lowest BCUT2D eigenvalue weighted by Gasteiger charge is -2.50. The largest absolute Gasteiger partial charge is 0.462 e. The molecule has 2 N–H and O–H groups in total. The molecular formula is C34H48O7. The molecule has 0 unspecified atom stereocenters. The van der Waals surface area contributed by atoms with Gasteiger partial charge in [0.05, 0.1) is 18.8 Å². The fourth-order valence-corrected chi connectivity index (χ4v) is 7.37. The predicted octanol–water partition coefficient (Wildman–Crippen LogP) is 5.48. The fraction of sp³-hybridized carbons (Fsp3) is 0.676. The van der Waals surface area contributed by atoms with Crippen molar-refractivity contribution in [1.29, 1.82) is 0 Å². The Bertz CT molecular complexity index is 1160. The second kappa shape index (κ2) is 11.9. The van der Waals surface area contributed by atoms with Crippen LogP contribution >= 0.6 is 0 Å². The number of allylic oxidation sites excluding steroid dienone is 5. The van der Waals surface area contributed by atoms with E-state index in [1.165, 1.54) is 11.1 Å². The first-order valence-electron chi connectivity index (χ1n) is 15.4. The van der Waals surface area contributed by atoms with Crippen LogP contribution in [0.3, 0.4) is 0 Å². The first kappa shape index (κ1) is 30.4. The maximum atomic E-state index is 14.0. The van der Waals surface area contributed by atoms with E-state index in [4.69, 9.17) is 18.9 Å². The second-order valence-electron chi connectivity index (χ2n) is 13.2. The standard InChI is InChI=1S/C34H48O7/c1-7-22(4)30-23(5)13-14-33(41-30)18-27-17-26(40-33)12-11-21(3)15-20(2)9-8-10-25-19-38-31-29(35)24(6)16-28(32(36)39-27)34(25,31)37/h7-11,16,20,23,26-31,35,37H,12-15,17-19H2,1-6H3/t20-,23-,26+,27-,28-,29+,30+,31+,33+,34+/m0/s1. The molecule has 2 bridgehead atoms. The van der Waals surface area contributed by atoms with Crippen LogP contribution in [-0.4, -0.2) is 64.7 Å². The molecule has 0 aromatic heterocycles. The van der Waals surface area contributed by atoms with Gasteiger partial charge in [-0.1, -0.05) is 55.9 Å². The van der Waals surface area contributed by atoms with Crippen molar-refractivity contribution in [2.75, 3.05) is 6.61 Å². The zero-order chi connectivity index (χ0) is 29.5. The number of rotatable bonds is 1. The normalized spacial score (nSPS) is 44.0. The van der Waals surface area contributed by atoms with Crippen molar-refractivity contribution in [2.24, 2.45) is 17.8 Å². The summed E-state index contributed by atoms with van der Waals surface area (Å²) in [6, 6.07) is 0. The van der Waals surface area contributed by atoms with E-state index in [9.17, 15) is 15.0 Å². The molecule has 1 aliphatic carbocycles. The molecule has 4 heterocycles. The molecular weight excluding hydrogens is 520 g/mol. The first-order chi connectivity index (χ1) is 19.5.